The van der Waals surface area contributed by atoms with Gasteiger partial charge >= 0.3 is 0 Å². The first-order valence-corrected chi connectivity index (χ1v) is 9.74. The van der Waals surface area contributed by atoms with Gasteiger partial charge in [0.15, 0.2) is 0 Å². The standard InChI is InChI=1S/C22H25N5O2.ClH/c1-26-12-11-24-22(26)20-15-23-10-13-27(20)16-21(28)25-17-6-5-9-19(14-17)29-18-7-3-2-4-8-18;/h2-9,11-12,14,20,23H,10,13,15-16H2,1H3,(H,25,28);1H. The fraction of sp³-hybridized carbons (Fsp3) is 0.273. The van der Waals surface area contributed by atoms with Gasteiger partial charge in [-0.1, -0.05) is 24.3 Å². The van der Waals surface area contributed by atoms with Crippen LogP contribution in [-0.4, -0.2) is 46.5 Å². The molecule has 1 aliphatic heterocycles. The highest BCUT2D eigenvalue weighted by Crippen LogP contribution is 2.24. The SMILES string of the molecule is Cl.Cn1ccnc1C1CNCCN1CC(=O)Nc1cccc(Oc2ccccc2)c1. The second-order valence-electron chi connectivity index (χ2n) is 7.08. The number of carbonyl (C=O) groups excluding carboxylic acids is 1. The van der Waals surface area contributed by atoms with Gasteiger partial charge in [-0.05, 0) is 24.3 Å². The zero-order valence-corrected chi connectivity index (χ0v) is 17.6. The minimum absolute atomic E-state index is 0. The van der Waals surface area contributed by atoms with Crippen molar-refractivity contribution in [2.24, 2.45) is 7.05 Å². The molecule has 0 bridgehead atoms. The van der Waals surface area contributed by atoms with Crippen molar-refractivity contribution in [1.82, 2.24) is 19.8 Å². The largest absolute Gasteiger partial charge is 0.457 e. The van der Waals surface area contributed by atoms with Crippen molar-refractivity contribution in [3.63, 3.8) is 0 Å². The zero-order chi connectivity index (χ0) is 20.1. The molecule has 1 aliphatic rings. The van der Waals surface area contributed by atoms with Crippen molar-refractivity contribution in [3.8, 4) is 11.5 Å². The van der Waals surface area contributed by atoms with Crippen LogP contribution in [0, 0.1) is 0 Å². The molecule has 0 spiro atoms. The highest BCUT2D eigenvalue weighted by molar-refractivity contribution is 5.92. The van der Waals surface area contributed by atoms with Crippen LogP contribution in [0.2, 0.25) is 0 Å². The first-order chi connectivity index (χ1) is 14.2. The van der Waals surface area contributed by atoms with Crippen molar-refractivity contribution in [2.75, 3.05) is 31.5 Å². The van der Waals surface area contributed by atoms with Gasteiger partial charge in [-0.3, -0.25) is 9.69 Å². The summed E-state index contributed by atoms with van der Waals surface area (Å²) in [5.41, 5.74) is 0.715. The molecule has 1 fully saturated rings. The van der Waals surface area contributed by atoms with Gasteiger partial charge in [0, 0.05) is 50.8 Å². The maximum atomic E-state index is 12.7. The Labute approximate surface area is 182 Å². The monoisotopic (exact) mass is 427 g/mol. The molecule has 158 valence electrons. The molecule has 1 atom stereocenters. The summed E-state index contributed by atoms with van der Waals surface area (Å²) in [5.74, 6) is 2.35. The van der Waals surface area contributed by atoms with Crippen molar-refractivity contribution in [3.05, 3.63) is 72.8 Å². The number of hydrogen-bond acceptors (Lipinski definition) is 5. The average Bonchev–Trinajstić information content (AvgIpc) is 3.15. The van der Waals surface area contributed by atoms with Gasteiger partial charge in [0.2, 0.25) is 5.91 Å². The number of nitrogens with one attached hydrogen (secondary N) is 2. The van der Waals surface area contributed by atoms with Crippen molar-refractivity contribution < 1.29 is 9.53 Å². The lowest BCUT2D eigenvalue weighted by Gasteiger charge is -2.35. The number of benzene rings is 2. The third-order valence-corrected chi connectivity index (χ3v) is 4.95. The van der Waals surface area contributed by atoms with Crippen LogP contribution in [0.4, 0.5) is 5.69 Å². The number of aryl methyl sites for hydroxylation is 1. The molecule has 2 heterocycles. The van der Waals surface area contributed by atoms with Crippen LogP contribution in [-0.2, 0) is 11.8 Å². The lowest BCUT2D eigenvalue weighted by Crippen LogP contribution is -2.49. The summed E-state index contributed by atoms with van der Waals surface area (Å²) in [6.45, 7) is 2.73. The highest BCUT2D eigenvalue weighted by atomic mass is 35.5. The number of imidazole rings is 1. The molecule has 2 N–H and O–H groups in total. The normalized spacial score (nSPS) is 16.5. The second-order valence-corrected chi connectivity index (χ2v) is 7.08. The van der Waals surface area contributed by atoms with Gasteiger partial charge < -0.3 is 19.9 Å². The molecule has 30 heavy (non-hydrogen) atoms. The molecule has 1 amide bonds. The first kappa shape index (κ1) is 21.8. The summed E-state index contributed by atoms with van der Waals surface area (Å²) in [7, 11) is 1.98. The van der Waals surface area contributed by atoms with Crippen molar-refractivity contribution in [1.29, 1.82) is 0 Å². The maximum Gasteiger partial charge on any atom is 0.238 e. The Balaban J connectivity index is 0.00000256. The molecule has 4 rings (SSSR count). The number of nitrogens with zero attached hydrogens (tertiary/aromatic N) is 3. The number of para-hydroxylation sites is 1. The minimum Gasteiger partial charge on any atom is -0.457 e. The van der Waals surface area contributed by atoms with Crippen LogP contribution in [0.15, 0.2) is 67.0 Å². The summed E-state index contributed by atoms with van der Waals surface area (Å²) >= 11 is 0. The van der Waals surface area contributed by atoms with E-state index in [9.17, 15) is 4.79 Å². The number of halogens is 1. The lowest BCUT2D eigenvalue weighted by molar-refractivity contribution is -0.118. The second kappa shape index (κ2) is 10.2. The van der Waals surface area contributed by atoms with E-state index in [1.807, 2.05) is 72.4 Å². The predicted octanol–water partition coefficient (Wildman–Crippen LogP) is 3.22. The Morgan fingerprint density at radius 3 is 2.77 bits per heavy atom. The lowest BCUT2D eigenvalue weighted by atomic mass is 10.1. The first-order valence-electron chi connectivity index (χ1n) is 9.74. The van der Waals surface area contributed by atoms with Crippen LogP contribution in [0.25, 0.3) is 0 Å². The van der Waals surface area contributed by atoms with Crippen LogP contribution < -0.4 is 15.4 Å². The van der Waals surface area contributed by atoms with E-state index in [1.54, 1.807) is 6.20 Å². The summed E-state index contributed by atoms with van der Waals surface area (Å²) in [5, 5.41) is 6.38. The Bertz CT molecular complexity index is 963. The van der Waals surface area contributed by atoms with E-state index in [0.717, 1.165) is 31.2 Å². The Morgan fingerprint density at radius 1 is 1.20 bits per heavy atom. The third kappa shape index (κ3) is 5.38. The Kier molecular flexibility index (Phi) is 7.46. The summed E-state index contributed by atoms with van der Waals surface area (Å²) in [4.78, 5) is 19.3. The fourth-order valence-electron chi connectivity index (χ4n) is 3.54. The third-order valence-electron chi connectivity index (χ3n) is 4.95. The van der Waals surface area contributed by atoms with Crippen LogP contribution in [0.5, 0.6) is 11.5 Å². The number of ether oxygens (including phenoxy) is 1. The van der Waals surface area contributed by atoms with Crippen molar-refractivity contribution in [2.45, 2.75) is 6.04 Å². The Hall–Kier alpha value is -2.87. The zero-order valence-electron chi connectivity index (χ0n) is 16.8. The maximum absolute atomic E-state index is 12.7. The smallest absolute Gasteiger partial charge is 0.238 e. The molecule has 2 aromatic carbocycles. The van der Waals surface area contributed by atoms with Gasteiger partial charge in [-0.15, -0.1) is 12.4 Å². The molecular formula is C22H26ClN5O2. The number of hydrogen-bond donors (Lipinski definition) is 2. The van der Waals surface area contributed by atoms with Crippen LogP contribution in [0.3, 0.4) is 0 Å². The quantitative estimate of drug-likeness (QED) is 0.632. The van der Waals surface area contributed by atoms with E-state index in [-0.39, 0.29) is 24.4 Å². The van der Waals surface area contributed by atoms with Gasteiger partial charge in [-0.25, -0.2) is 4.98 Å². The van der Waals surface area contributed by atoms with Crippen LogP contribution in [0.1, 0.15) is 11.9 Å². The molecule has 7 nitrogen and oxygen atoms in total. The van der Waals surface area contributed by atoms with Crippen LogP contribution >= 0.6 is 12.4 Å². The number of piperazine rings is 1. The molecule has 0 radical (unpaired) electrons. The molecule has 8 heteroatoms. The molecular weight excluding hydrogens is 402 g/mol. The number of amides is 1. The molecule has 0 saturated carbocycles. The van der Waals surface area contributed by atoms with E-state index >= 15 is 0 Å². The molecule has 1 aromatic heterocycles. The van der Waals surface area contributed by atoms with Gasteiger partial charge in [-0.2, -0.15) is 0 Å². The summed E-state index contributed by atoms with van der Waals surface area (Å²) < 4.78 is 7.86. The predicted molar refractivity (Wildman–Crippen MR) is 119 cm³/mol. The van der Waals surface area contributed by atoms with Crippen molar-refractivity contribution >= 4 is 24.0 Å². The molecule has 3 aromatic rings. The highest BCUT2D eigenvalue weighted by Gasteiger charge is 2.28. The number of anilines is 1. The Morgan fingerprint density at radius 2 is 2.00 bits per heavy atom. The topological polar surface area (TPSA) is 71.4 Å². The van der Waals surface area contributed by atoms with E-state index < -0.39 is 0 Å². The minimum atomic E-state index is -0.0528. The molecule has 1 unspecified atom stereocenters. The molecule has 1 saturated heterocycles. The van der Waals surface area contributed by atoms with Gasteiger partial charge in [0.25, 0.3) is 0 Å². The van der Waals surface area contributed by atoms with E-state index in [4.69, 9.17) is 4.74 Å². The van der Waals surface area contributed by atoms with E-state index in [2.05, 4.69) is 20.5 Å². The number of rotatable bonds is 6. The van der Waals surface area contributed by atoms with Gasteiger partial charge in [0.1, 0.15) is 17.3 Å². The average molecular weight is 428 g/mol. The number of carbonyl (C=O) groups is 1. The van der Waals surface area contributed by atoms with E-state index in [0.29, 0.717) is 18.0 Å². The molecule has 0 aliphatic carbocycles. The summed E-state index contributed by atoms with van der Waals surface area (Å²) in [6.07, 6.45) is 3.72. The van der Waals surface area contributed by atoms with E-state index in [1.165, 1.54) is 0 Å². The fourth-order valence-corrected chi connectivity index (χ4v) is 3.54. The van der Waals surface area contributed by atoms with Gasteiger partial charge in [0.05, 0.1) is 12.6 Å². The summed E-state index contributed by atoms with van der Waals surface area (Å²) in [6, 6.07) is 17.1. The number of aromatic nitrogens is 2.